The number of likely N-dealkylation sites (tertiary alicyclic amines) is 1. The summed E-state index contributed by atoms with van der Waals surface area (Å²) in [5, 5.41) is 2.49. The first kappa shape index (κ1) is 23.1. The van der Waals surface area contributed by atoms with Crippen LogP contribution in [0.1, 0.15) is 61.0 Å². The summed E-state index contributed by atoms with van der Waals surface area (Å²) < 4.78 is 43.6. The van der Waals surface area contributed by atoms with E-state index < -0.39 is 24.4 Å². The number of hydrogen-bond acceptors (Lipinski definition) is 6. The molecule has 0 spiro atoms. The van der Waals surface area contributed by atoms with Crippen molar-refractivity contribution in [1.29, 1.82) is 0 Å². The summed E-state index contributed by atoms with van der Waals surface area (Å²) in [7, 11) is 0. The standard InChI is InChI=1S/C23H30F3N7O/c1-15-13-33(11-10-31-6-2-3-7-31)21(29-15)16-4-8-32(9-5-16)22-19-17(23(24,25)26)12-18(34)30-20(19)27-14-28-22/h13-14,16-17H,2-12H2,1H3,(H,27,28,30,34). The molecule has 5 rings (SSSR count). The molecule has 184 valence electrons. The molecule has 3 aliphatic heterocycles. The number of carbonyl (C=O) groups is 1. The van der Waals surface area contributed by atoms with Gasteiger partial charge in [-0.2, -0.15) is 13.2 Å². The minimum Gasteiger partial charge on any atom is -0.356 e. The third kappa shape index (κ3) is 4.62. The second-order valence-corrected chi connectivity index (χ2v) is 9.55. The first-order chi connectivity index (χ1) is 16.3. The van der Waals surface area contributed by atoms with E-state index in [0.29, 0.717) is 13.1 Å². The number of nitrogens with zero attached hydrogens (tertiary/aromatic N) is 6. The van der Waals surface area contributed by atoms with Crippen molar-refractivity contribution in [1.82, 2.24) is 24.4 Å². The monoisotopic (exact) mass is 477 g/mol. The number of rotatable bonds is 5. The third-order valence-corrected chi connectivity index (χ3v) is 7.20. The molecule has 2 saturated heterocycles. The highest BCUT2D eigenvalue weighted by Gasteiger charge is 2.48. The summed E-state index contributed by atoms with van der Waals surface area (Å²) in [6.45, 7) is 7.38. The molecule has 1 amide bonds. The number of aromatic nitrogens is 4. The van der Waals surface area contributed by atoms with E-state index in [9.17, 15) is 18.0 Å². The van der Waals surface area contributed by atoms with Gasteiger partial charge in [-0.15, -0.1) is 0 Å². The lowest BCUT2D eigenvalue weighted by atomic mass is 9.90. The average Bonchev–Trinajstić information content (AvgIpc) is 3.45. The molecule has 8 nitrogen and oxygen atoms in total. The molecule has 0 aromatic carbocycles. The molecule has 11 heteroatoms. The van der Waals surface area contributed by atoms with Crippen LogP contribution in [0.3, 0.4) is 0 Å². The van der Waals surface area contributed by atoms with Crippen LogP contribution in [-0.2, 0) is 11.3 Å². The number of piperidine rings is 1. The minimum absolute atomic E-state index is 0.0176. The van der Waals surface area contributed by atoms with E-state index in [2.05, 4.69) is 30.9 Å². The fraction of sp³-hybridized carbons (Fsp3) is 0.652. The Labute approximate surface area is 196 Å². The normalized spacial score (nSPS) is 22.2. The Kier molecular flexibility index (Phi) is 6.22. The molecule has 2 fully saturated rings. The van der Waals surface area contributed by atoms with Gasteiger partial charge < -0.3 is 19.7 Å². The van der Waals surface area contributed by atoms with Crippen molar-refractivity contribution in [3.05, 3.63) is 29.6 Å². The highest BCUT2D eigenvalue weighted by atomic mass is 19.4. The van der Waals surface area contributed by atoms with Crippen molar-refractivity contribution in [3.63, 3.8) is 0 Å². The maximum absolute atomic E-state index is 13.8. The van der Waals surface area contributed by atoms with E-state index in [1.165, 1.54) is 19.2 Å². The highest BCUT2D eigenvalue weighted by Crippen LogP contribution is 2.46. The smallest absolute Gasteiger partial charge is 0.356 e. The van der Waals surface area contributed by atoms with E-state index in [0.717, 1.165) is 50.5 Å². The van der Waals surface area contributed by atoms with Crippen molar-refractivity contribution in [3.8, 4) is 0 Å². The van der Waals surface area contributed by atoms with Gasteiger partial charge in [0.25, 0.3) is 0 Å². The number of fused-ring (bicyclic) bond motifs is 1. The van der Waals surface area contributed by atoms with Gasteiger partial charge in [0.1, 0.15) is 23.8 Å². The van der Waals surface area contributed by atoms with Crippen LogP contribution in [0.25, 0.3) is 0 Å². The summed E-state index contributed by atoms with van der Waals surface area (Å²) in [6.07, 6.45) is 2.25. The van der Waals surface area contributed by atoms with Crippen LogP contribution in [0.4, 0.5) is 24.8 Å². The van der Waals surface area contributed by atoms with Gasteiger partial charge in [-0.1, -0.05) is 0 Å². The molecule has 2 aromatic rings. The van der Waals surface area contributed by atoms with Crippen molar-refractivity contribution in [2.24, 2.45) is 0 Å². The Morgan fingerprint density at radius 2 is 1.82 bits per heavy atom. The molecule has 1 unspecified atom stereocenters. The molecular formula is C23H30F3N7O. The number of carbonyl (C=O) groups excluding carboxylic acids is 1. The largest absolute Gasteiger partial charge is 0.396 e. The predicted octanol–water partition coefficient (Wildman–Crippen LogP) is 3.45. The second kappa shape index (κ2) is 9.16. The van der Waals surface area contributed by atoms with E-state index in [1.807, 2.05) is 11.8 Å². The lowest BCUT2D eigenvalue weighted by Crippen LogP contribution is -2.38. The van der Waals surface area contributed by atoms with Crippen LogP contribution < -0.4 is 10.2 Å². The number of amides is 1. The molecule has 0 aliphatic carbocycles. The highest BCUT2D eigenvalue weighted by molar-refractivity contribution is 5.94. The molecule has 0 saturated carbocycles. The Morgan fingerprint density at radius 3 is 2.53 bits per heavy atom. The van der Waals surface area contributed by atoms with E-state index >= 15 is 0 Å². The van der Waals surface area contributed by atoms with Crippen molar-refractivity contribution in [2.45, 2.75) is 63.6 Å². The molecule has 3 aliphatic rings. The zero-order valence-electron chi connectivity index (χ0n) is 19.3. The first-order valence-corrected chi connectivity index (χ1v) is 12.0. The number of aryl methyl sites for hydroxylation is 1. The van der Waals surface area contributed by atoms with E-state index in [-0.39, 0.29) is 23.1 Å². The molecular weight excluding hydrogens is 447 g/mol. The fourth-order valence-corrected chi connectivity index (χ4v) is 5.48. The lowest BCUT2D eigenvalue weighted by Gasteiger charge is -2.36. The van der Waals surface area contributed by atoms with Gasteiger partial charge in [-0.25, -0.2) is 15.0 Å². The van der Waals surface area contributed by atoms with Crippen molar-refractivity contribution < 1.29 is 18.0 Å². The number of halogens is 3. The summed E-state index contributed by atoms with van der Waals surface area (Å²) in [6, 6.07) is 0. The molecule has 5 heterocycles. The first-order valence-electron chi connectivity index (χ1n) is 12.0. The predicted molar refractivity (Wildman–Crippen MR) is 121 cm³/mol. The lowest BCUT2D eigenvalue weighted by molar-refractivity contribution is -0.156. The number of hydrogen-bond donors (Lipinski definition) is 1. The molecule has 34 heavy (non-hydrogen) atoms. The SMILES string of the molecule is Cc1cn(CCN2CCCC2)c(C2CCN(c3ncnc4c3C(C(F)(F)F)CC(=O)N4)CC2)n1. The molecule has 0 radical (unpaired) electrons. The van der Waals surface area contributed by atoms with Crippen LogP contribution >= 0.6 is 0 Å². The Morgan fingerprint density at radius 1 is 1.09 bits per heavy atom. The number of alkyl halides is 3. The number of imidazole rings is 1. The Hall–Kier alpha value is -2.69. The minimum atomic E-state index is -4.54. The quantitative estimate of drug-likeness (QED) is 0.711. The molecule has 0 bridgehead atoms. The third-order valence-electron chi connectivity index (χ3n) is 7.20. The van der Waals surface area contributed by atoms with Gasteiger partial charge in [-0.05, 0) is 45.7 Å². The van der Waals surface area contributed by atoms with Gasteiger partial charge in [0, 0.05) is 44.7 Å². The molecule has 1 atom stereocenters. The maximum Gasteiger partial charge on any atom is 0.396 e. The molecule has 2 aromatic heterocycles. The van der Waals surface area contributed by atoms with Crippen LogP contribution in [0, 0.1) is 6.92 Å². The maximum atomic E-state index is 13.8. The van der Waals surface area contributed by atoms with Gasteiger partial charge in [0.05, 0.1) is 17.2 Å². The van der Waals surface area contributed by atoms with Crippen LogP contribution in [0.5, 0.6) is 0 Å². The number of nitrogens with one attached hydrogen (secondary N) is 1. The van der Waals surface area contributed by atoms with Gasteiger partial charge in [0.15, 0.2) is 0 Å². The van der Waals surface area contributed by atoms with Crippen LogP contribution in [0.15, 0.2) is 12.5 Å². The van der Waals surface area contributed by atoms with E-state index in [1.54, 1.807) is 0 Å². The zero-order valence-corrected chi connectivity index (χ0v) is 19.3. The summed E-state index contributed by atoms with van der Waals surface area (Å²) >= 11 is 0. The molecule has 1 N–H and O–H groups in total. The summed E-state index contributed by atoms with van der Waals surface area (Å²) in [5.41, 5.74) is 0.975. The summed E-state index contributed by atoms with van der Waals surface area (Å²) in [4.78, 5) is 29.2. The van der Waals surface area contributed by atoms with E-state index in [4.69, 9.17) is 4.98 Å². The Balaban J connectivity index is 1.31. The van der Waals surface area contributed by atoms with Crippen molar-refractivity contribution in [2.75, 3.05) is 42.9 Å². The van der Waals surface area contributed by atoms with Crippen LogP contribution in [0.2, 0.25) is 0 Å². The van der Waals surface area contributed by atoms with Gasteiger partial charge in [0.2, 0.25) is 5.91 Å². The summed E-state index contributed by atoms with van der Waals surface area (Å²) in [5.74, 6) is -0.995. The van der Waals surface area contributed by atoms with Gasteiger partial charge in [-0.3, -0.25) is 4.79 Å². The Bertz CT molecular complexity index is 1040. The van der Waals surface area contributed by atoms with Crippen LogP contribution in [-0.4, -0.2) is 69.2 Å². The topological polar surface area (TPSA) is 79.2 Å². The average molecular weight is 478 g/mol. The second-order valence-electron chi connectivity index (χ2n) is 9.55. The van der Waals surface area contributed by atoms with Crippen molar-refractivity contribution >= 4 is 17.5 Å². The fourth-order valence-electron chi connectivity index (χ4n) is 5.48. The van der Waals surface area contributed by atoms with Gasteiger partial charge >= 0.3 is 6.18 Å². The number of anilines is 2. The zero-order chi connectivity index (χ0) is 23.9.